The lowest BCUT2D eigenvalue weighted by atomic mass is 10.1. The molecule has 1 heterocycles. The highest BCUT2D eigenvalue weighted by atomic mass is 32.1. The zero-order chi connectivity index (χ0) is 13.6. The van der Waals surface area contributed by atoms with E-state index in [2.05, 4.69) is 0 Å². The summed E-state index contributed by atoms with van der Waals surface area (Å²) in [7, 11) is 0. The van der Waals surface area contributed by atoms with Crippen LogP contribution in [0.5, 0.6) is 5.75 Å². The van der Waals surface area contributed by atoms with E-state index >= 15 is 0 Å². The van der Waals surface area contributed by atoms with Crippen molar-refractivity contribution in [2.45, 2.75) is 13.8 Å². The van der Waals surface area contributed by atoms with Gasteiger partial charge in [0.1, 0.15) is 5.75 Å². The average Bonchev–Trinajstić information content (AvgIpc) is 2.76. The zero-order valence-electron chi connectivity index (χ0n) is 10.4. The molecule has 5 heteroatoms. The van der Waals surface area contributed by atoms with Crippen molar-refractivity contribution in [1.29, 1.82) is 0 Å². The Morgan fingerprint density at radius 1 is 1.26 bits per heavy atom. The van der Waals surface area contributed by atoms with E-state index in [1.165, 1.54) is 6.92 Å². The Hall–Kier alpha value is -2.14. The summed E-state index contributed by atoms with van der Waals surface area (Å²) in [6.07, 6.45) is 0. The van der Waals surface area contributed by atoms with Gasteiger partial charge in [0, 0.05) is 23.3 Å². The van der Waals surface area contributed by atoms with Crippen LogP contribution in [0.15, 0.2) is 33.5 Å². The van der Waals surface area contributed by atoms with Crippen LogP contribution in [-0.2, 0) is 4.79 Å². The summed E-state index contributed by atoms with van der Waals surface area (Å²) in [5.41, 5.74) is 1.30. The molecule has 3 aromatic rings. The fourth-order valence-corrected chi connectivity index (χ4v) is 2.95. The van der Waals surface area contributed by atoms with Gasteiger partial charge in [-0.1, -0.05) is 35.6 Å². The molecule has 0 N–H and O–H groups in total. The van der Waals surface area contributed by atoms with Crippen LogP contribution in [0.3, 0.4) is 0 Å². The predicted octanol–water partition coefficient (Wildman–Crippen LogP) is 3.24. The third kappa shape index (κ3) is 1.82. The van der Waals surface area contributed by atoms with Crippen LogP contribution >= 0.6 is 11.3 Å². The van der Waals surface area contributed by atoms with Gasteiger partial charge in [-0.2, -0.15) is 0 Å². The molecule has 4 nitrogen and oxygen atoms in total. The molecule has 0 atom stereocenters. The van der Waals surface area contributed by atoms with Gasteiger partial charge in [-0.15, -0.1) is 0 Å². The van der Waals surface area contributed by atoms with E-state index < -0.39 is 0 Å². The molecule has 0 saturated heterocycles. The van der Waals surface area contributed by atoms with Gasteiger partial charge in [0.05, 0.1) is 4.70 Å². The number of hydrogen-bond donors (Lipinski definition) is 0. The fraction of sp³-hybridized carbons (Fsp3) is 0.143. The Kier molecular flexibility index (Phi) is 2.64. The van der Waals surface area contributed by atoms with Crippen LogP contribution in [0.2, 0.25) is 0 Å². The van der Waals surface area contributed by atoms with Gasteiger partial charge in [0.25, 0.3) is 0 Å². The minimum absolute atomic E-state index is 0.358. The fourth-order valence-electron chi connectivity index (χ4n) is 2.16. The van der Waals surface area contributed by atoms with Crippen molar-refractivity contribution in [2.75, 3.05) is 0 Å². The first kappa shape index (κ1) is 11.9. The Balaban J connectivity index is 2.53. The summed E-state index contributed by atoms with van der Waals surface area (Å²) in [5, 5.41) is 1.54. The number of fused-ring (bicyclic) bond motifs is 3. The van der Waals surface area contributed by atoms with E-state index in [9.17, 15) is 9.59 Å². The number of carbonyl (C=O) groups is 1. The molecule has 0 bridgehead atoms. The largest absolute Gasteiger partial charge is 0.426 e. The van der Waals surface area contributed by atoms with Crippen LogP contribution in [-0.4, -0.2) is 5.97 Å². The highest BCUT2D eigenvalue weighted by Crippen LogP contribution is 2.38. The van der Waals surface area contributed by atoms with Gasteiger partial charge >= 0.3 is 10.9 Å². The molecule has 0 aliphatic rings. The number of rotatable bonds is 1. The van der Waals surface area contributed by atoms with Gasteiger partial charge in [-0.3, -0.25) is 4.79 Å². The SMILES string of the molecule is CC(=O)Oc1c(C)c2sc(=O)oc2c2ccccc12. The smallest absolute Gasteiger partial charge is 0.396 e. The van der Waals surface area contributed by atoms with Crippen LogP contribution in [0.4, 0.5) is 0 Å². The maximum absolute atomic E-state index is 11.5. The summed E-state index contributed by atoms with van der Waals surface area (Å²) in [6.45, 7) is 3.18. The first-order valence-electron chi connectivity index (χ1n) is 5.71. The van der Waals surface area contributed by atoms with E-state index in [0.717, 1.165) is 32.4 Å². The van der Waals surface area contributed by atoms with E-state index in [1.54, 1.807) is 0 Å². The van der Waals surface area contributed by atoms with E-state index in [0.29, 0.717) is 11.3 Å². The summed E-state index contributed by atoms with van der Waals surface area (Å²) < 4.78 is 11.3. The minimum atomic E-state index is -0.386. The number of carbonyl (C=O) groups excluding carboxylic acids is 1. The van der Waals surface area contributed by atoms with Crippen LogP contribution in [0.25, 0.3) is 21.1 Å². The Bertz CT molecular complexity index is 857. The quantitative estimate of drug-likeness (QED) is 0.505. The van der Waals surface area contributed by atoms with Crippen molar-refractivity contribution in [3.8, 4) is 5.75 Å². The molecule has 1 aromatic heterocycles. The summed E-state index contributed by atoms with van der Waals surface area (Å²) in [6, 6.07) is 7.40. The van der Waals surface area contributed by atoms with Crippen molar-refractivity contribution in [3.63, 3.8) is 0 Å². The Morgan fingerprint density at radius 2 is 1.95 bits per heavy atom. The second-order valence-corrected chi connectivity index (χ2v) is 5.15. The van der Waals surface area contributed by atoms with Gasteiger partial charge in [-0.25, -0.2) is 4.79 Å². The number of aryl methyl sites for hydroxylation is 1. The van der Waals surface area contributed by atoms with Crippen LogP contribution in [0, 0.1) is 6.92 Å². The molecule has 3 rings (SSSR count). The maximum Gasteiger partial charge on any atom is 0.396 e. The highest BCUT2D eigenvalue weighted by Gasteiger charge is 2.17. The molecule has 2 aromatic carbocycles. The molecule has 0 unspecified atom stereocenters. The standard InChI is InChI=1S/C14H10O4S/c1-7-11(17-8(2)15)9-5-3-4-6-10(9)12-13(7)19-14(16)18-12/h3-6H,1-2H3. The predicted molar refractivity (Wildman–Crippen MR) is 73.9 cm³/mol. The molecule has 0 aliphatic heterocycles. The number of benzene rings is 2. The number of esters is 1. The van der Waals surface area contributed by atoms with Crippen molar-refractivity contribution in [3.05, 3.63) is 39.6 Å². The summed E-state index contributed by atoms with van der Waals surface area (Å²) in [5.74, 6) is 0.107. The number of ether oxygens (including phenoxy) is 1. The first-order valence-corrected chi connectivity index (χ1v) is 6.53. The maximum atomic E-state index is 11.5. The average molecular weight is 274 g/mol. The normalized spacial score (nSPS) is 11.1. The van der Waals surface area contributed by atoms with Crippen molar-refractivity contribution >= 4 is 38.4 Å². The Morgan fingerprint density at radius 3 is 2.63 bits per heavy atom. The van der Waals surface area contributed by atoms with Crippen molar-refractivity contribution in [2.24, 2.45) is 0 Å². The molecule has 0 spiro atoms. The second kappa shape index (κ2) is 4.20. The van der Waals surface area contributed by atoms with Gasteiger partial charge < -0.3 is 9.15 Å². The third-order valence-electron chi connectivity index (χ3n) is 2.92. The van der Waals surface area contributed by atoms with Crippen LogP contribution in [0.1, 0.15) is 12.5 Å². The lowest BCUT2D eigenvalue weighted by Crippen LogP contribution is -2.03. The highest BCUT2D eigenvalue weighted by molar-refractivity contribution is 7.16. The molecular formula is C14H10O4S. The third-order valence-corrected chi connectivity index (χ3v) is 3.87. The van der Waals surface area contributed by atoms with Gasteiger partial charge in [0.2, 0.25) is 0 Å². The zero-order valence-corrected chi connectivity index (χ0v) is 11.2. The minimum Gasteiger partial charge on any atom is -0.426 e. The first-order chi connectivity index (χ1) is 9.08. The van der Waals surface area contributed by atoms with Gasteiger partial charge in [-0.05, 0) is 6.92 Å². The molecule has 0 saturated carbocycles. The monoisotopic (exact) mass is 274 g/mol. The summed E-state index contributed by atoms with van der Waals surface area (Å²) >= 11 is 1.02. The second-order valence-electron chi connectivity index (χ2n) is 4.21. The van der Waals surface area contributed by atoms with E-state index in [1.807, 2.05) is 31.2 Å². The Labute approximate surface area is 112 Å². The topological polar surface area (TPSA) is 56.5 Å². The van der Waals surface area contributed by atoms with E-state index in [4.69, 9.17) is 9.15 Å². The lowest BCUT2D eigenvalue weighted by Gasteiger charge is -2.10. The van der Waals surface area contributed by atoms with E-state index in [-0.39, 0.29) is 10.9 Å². The molecule has 19 heavy (non-hydrogen) atoms. The van der Waals surface area contributed by atoms with Crippen LogP contribution < -0.4 is 9.68 Å². The number of hydrogen-bond acceptors (Lipinski definition) is 5. The molecule has 0 amide bonds. The lowest BCUT2D eigenvalue weighted by molar-refractivity contribution is -0.131. The van der Waals surface area contributed by atoms with Crippen molar-refractivity contribution < 1.29 is 13.9 Å². The van der Waals surface area contributed by atoms with Crippen molar-refractivity contribution in [1.82, 2.24) is 0 Å². The molecule has 0 fully saturated rings. The molecule has 0 aliphatic carbocycles. The summed E-state index contributed by atoms with van der Waals surface area (Å²) in [4.78, 5) is 22.4. The molecule has 0 radical (unpaired) electrons. The molecule has 96 valence electrons. The molecular weight excluding hydrogens is 264 g/mol. The van der Waals surface area contributed by atoms with Gasteiger partial charge in [0.15, 0.2) is 5.58 Å².